The van der Waals surface area contributed by atoms with Gasteiger partial charge in [0.15, 0.2) is 0 Å². The third-order valence-corrected chi connectivity index (χ3v) is 10.8. The van der Waals surface area contributed by atoms with E-state index in [4.69, 9.17) is 0 Å². The van der Waals surface area contributed by atoms with Gasteiger partial charge < -0.3 is 41.9 Å². The van der Waals surface area contributed by atoms with Crippen LogP contribution in [0.4, 0.5) is 4.79 Å². The minimum atomic E-state index is -1.22. The van der Waals surface area contributed by atoms with Crippen molar-refractivity contribution in [3.05, 3.63) is 71.8 Å². The van der Waals surface area contributed by atoms with Gasteiger partial charge in [-0.1, -0.05) is 101 Å². The zero-order chi connectivity index (χ0) is 42.1. The van der Waals surface area contributed by atoms with Crippen LogP contribution in [0.2, 0.25) is 0 Å². The molecule has 15 heteroatoms. The first-order chi connectivity index (χ1) is 27.2. The number of carbonyl (C=O) groups is 7. The number of hydrogen-bond donors (Lipinski definition) is 7. The van der Waals surface area contributed by atoms with E-state index in [1.165, 1.54) is 11.9 Å². The molecule has 15 nitrogen and oxygen atoms in total. The van der Waals surface area contributed by atoms with E-state index in [0.717, 1.165) is 11.1 Å². The van der Waals surface area contributed by atoms with Gasteiger partial charge in [0.1, 0.15) is 36.3 Å². The second kappa shape index (κ2) is 22.9. The Morgan fingerprint density at radius 1 is 0.807 bits per heavy atom. The summed E-state index contributed by atoms with van der Waals surface area (Å²) >= 11 is 0. The number of hydrogen-bond acceptors (Lipinski definition) is 7. The summed E-state index contributed by atoms with van der Waals surface area (Å²) in [6.07, 6.45) is 2.58. The summed E-state index contributed by atoms with van der Waals surface area (Å²) in [4.78, 5) is 96.0. The summed E-state index contributed by atoms with van der Waals surface area (Å²) < 4.78 is 0. The van der Waals surface area contributed by atoms with Crippen LogP contribution in [0.1, 0.15) is 84.3 Å². The van der Waals surface area contributed by atoms with E-state index in [-0.39, 0.29) is 25.8 Å². The Morgan fingerprint density at radius 2 is 1.42 bits per heavy atom. The lowest BCUT2D eigenvalue weighted by atomic mass is 9.96. The molecule has 312 valence electrons. The average molecular weight is 792 g/mol. The van der Waals surface area contributed by atoms with E-state index in [2.05, 4.69) is 31.9 Å². The van der Waals surface area contributed by atoms with E-state index in [0.29, 0.717) is 32.1 Å². The maximum Gasteiger partial charge on any atom is 0.326 e. The lowest BCUT2D eigenvalue weighted by molar-refractivity contribution is -0.142. The van der Waals surface area contributed by atoms with Gasteiger partial charge in [-0.3, -0.25) is 24.0 Å². The number of nitrogens with zero attached hydrogens (tertiary/aromatic N) is 1. The van der Waals surface area contributed by atoms with Crippen molar-refractivity contribution in [3.63, 3.8) is 0 Å². The number of carboxylic acids is 1. The quantitative estimate of drug-likeness (QED) is 0.169. The number of carbonyl (C=O) groups excluding carboxylic acids is 6. The molecule has 7 N–H and O–H groups in total. The summed E-state index contributed by atoms with van der Waals surface area (Å²) in [6, 6.07) is 11.2. The van der Waals surface area contributed by atoms with Gasteiger partial charge in [-0.25, -0.2) is 9.59 Å². The fourth-order valence-electron chi connectivity index (χ4n) is 6.50. The number of rotatable bonds is 12. The predicted molar refractivity (Wildman–Crippen MR) is 216 cm³/mol. The predicted octanol–water partition coefficient (Wildman–Crippen LogP) is 2.68. The van der Waals surface area contributed by atoms with Crippen LogP contribution < -0.4 is 31.9 Å². The van der Waals surface area contributed by atoms with Crippen molar-refractivity contribution in [3.8, 4) is 0 Å². The van der Waals surface area contributed by atoms with Crippen LogP contribution in [-0.2, 0) is 41.6 Å². The zero-order valence-electron chi connectivity index (χ0n) is 34.0. The molecule has 8 atom stereocenters. The Bertz CT molecular complexity index is 1660. The van der Waals surface area contributed by atoms with Gasteiger partial charge in [0, 0.05) is 20.0 Å². The number of nitrogens with one attached hydrogen (secondary N) is 6. The van der Waals surface area contributed by atoms with Crippen LogP contribution in [0, 0.1) is 11.8 Å². The molecule has 7 amide bonds. The first-order valence-corrected chi connectivity index (χ1v) is 20.0. The van der Waals surface area contributed by atoms with Crippen molar-refractivity contribution in [1.29, 1.82) is 0 Å². The molecule has 0 bridgehead atoms. The van der Waals surface area contributed by atoms with Crippen LogP contribution >= 0.6 is 0 Å². The molecule has 1 fully saturated rings. The number of benzene rings is 2. The van der Waals surface area contributed by atoms with Gasteiger partial charge >= 0.3 is 12.0 Å². The number of amides is 7. The minimum Gasteiger partial charge on any atom is -0.480 e. The standard InChI is InChI=1S/C42H61N7O8/c1-7-26(3)34-39(53)44-32(23-22-29-17-11-9-12-18-29)40(54)49(6)28(5)36(50)45-33(25-30-19-13-10-14-20-30)37(51)43-24-16-15-21-31(38(52)47-34)46-42(57)48-35(41(55)56)27(4)8-2/h9-14,17-20,26-28,31-35H,7-8,15-16,21-25H2,1-6H3,(H,43,51)(H,44,53)(H,45,50)(H,47,52)(H,55,56)(H2,46,48,57)/t26-,27?,28-,31+,32+,33-,34-,35?/m1/s1. The van der Waals surface area contributed by atoms with E-state index in [9.17, 15) is 38.7 Å². The normalized spacial score (nSPS) is 23.5. The molecule has 2 unspecified atom stereocenters. The van der Waals surface area contributed by atoms with Gasteiger partial charge in [0.2, 0.25) is 29.5 Å². The molecular weight excluding hydrogens is 731 g/mol. The van der Waals surface area contributed by atoms with E-state index in [1.807, 2.05) is 67.6 Å². The average Bonchev–Trinajstić information content (AvgIpc) is 3.21. The van der Waals surface area contributed by atoms with Gasteiger partial charge in [0.25, 0.3) is 0 Å². The highest BCUT2D eigenvalue weighted by atomic mass is 16.4. The molecule has 1 aliphatic heterocycles. The molecule has 57 heavy (non-hydrogen) atoms. The van der Waals surface area contributed by atoms with Gasteiger partial charge in [0.05, 0.1) is 0 Å². The van der Waals surface area contributed by atoms with Gasteiger partial charge in [-0.15, -0.1) is 0 Å². The Balaban J connectivity index is 2.00. The third kappa shape index (κ3) is 14.2. The van der Waals surface area contributed by atoms with E-state index >= 15 is 0 Å². The summed E-state index contributed by atoms with van der Waals surface area (Å²) in [6.45, 7) is 8.87. The van der Waals surface area contributed by atoms with Crippen molar-refractivity contribution in [2.75, 3.05) is 13.6 Å². The van der Waals surface area contributed by atoms with Crippen LogP contribution in [0.5, 0.6) is 0 Å². The molecule has 0 spiro atoms. The Labute approximate surface area is 335 Å². The van der Waals surface area contributed by atoms with E-state index in [1.54, 1.807) is 27.7 Å². The monoisotopic (exact) mass is 791 g/mol. The molecule has 2 aromatic carbocycles. The summed E-state index contributed by atoms with van der Waals surface area (Å²) in [5.74, 6) is -4.82. The maximum atomic E-state index is 14.2. The molecule has 0 aliphatic carbocycles. The van der Waals surface area contributed by atoms with Crippen molar-refractivity contribution < 1.29 is 38.7 Å². The number of carboxylic acid groups (broad SMARTS) is 1. The Morgan fingerprint density at radius 3 is 2.02 bits per heavy atom. The summed E-state index contributed by atoms with van der Waals surface area (Å²) in [5.41, 5.74) is 1.74. The Hall–Kier alpha value is -5.47. The minimum absolute atomic E-state index is 0.0930. The smallest absolute Gasteiger partial charge is 0.326 e. The van der Waals surface area contributed by atoms with Crippen molar-refractivity contribution in [2.24, 2.45) is 11.8 Å². The maximum absolute atomic E-state index is 14.2. The highest BCUT2D eigenvalue weighted by Crippen LogP contribution is 2.15. The fraction of sp³-hybridized carbons (Fsp3) is 0.548. The summed E-state index contributed by atoms with van der Waals surface area (Å²) in [7, 11) is 1.47. The number of aliphatic carboxylic acids is 1. The zero-order valence-corrected chi connectivity index (χ0v) is 34.0. The first kappa shape index (κ1) is 45.9. The molecule has 0 aromatic heterocycles. The first-order valence-electron chi connectivity index (χ1n) is 20.0. The van der Waals surface area contributed by atoms with Crippen LogP contribution in [0.15, 0.2) is 60.7 Å². The van der Waals surface area contributed by atoms with Crippen molar-refractivity contribution >= 4 is 41.5 Å². The largest absolute Gasteiger partial charge is 0.480 e. The molecular formula is C42H61N7O8. The topological polar surface area (TPSA) is 215 Å². The van der Waals surface area contributed by atoms with Gasteiger partial charge in [-0.2, -0.15) is 0 Å². The lowest BCUT2D eigenvalue weighted by Gasteiger charge is -2.32. The molecule has 0 radical (unpaired) electrons. The van der Waals surface area contributed by atoms with Gasteiger partial charge in [-0.05, 0) is 62.0 Å². The number of likely N-dealkylation sites (N-methyl/N-ethyl adjacent to an activating group) is 1. The SMILES string of the molecule is CCC(C)C(NC(=O)N[C@H]1CCCCNC(=O)[C@@H](Cc2ccccc2)NC(=O)[C@@H](C)N(C)C(=O)[C@H](CCc2ccccc2)NC(=O)[C@@H]([C@H](C)CC)NC1=O)C(=O)O. The number of urea groups is 1. The van der Waals surface area contributed by atoms with Crippen LogP contribution in [0.25, 0.3) is 0 Å². The summed E-state index contributed by atoms with van der Waals surface area (Å²) in [5, 5.41) is 26.2. The fourth-order valence-corrected chi connectivity index (χ4v) is 6.50. The molecule has 1 heterocycles. The molecule has 0 saturated carbocycles. The highest BCUT2D eigenvalue weighted by Gasteiger charge is 2.36. The molecule has 1 aliphatic rings. The molecule has 1 saturated heterocycles. The third-order valence-electron chi connectivity index (χ3n) is 10.8. The second-order valence-corrected chi connectivity index (χ2v) is 15.0. The second-order valence-electron chi connectivity index (χ2n) is 15.0. The van der Waals surface area contributed by atoms with E-state index < -0.39 is 89.6 Å². The molecule has 3 rings (SSSR count). The van der Waals surface area contributed by atoms with Crippen molar-refractivity contribution in [2.45, 2.75) is 122 Å². The van der Waals surface area contributed by atoms with Crippen molar-refractivity contribution in [1.82, 2.24) is 36.8 Å². The lowest BCUT2D eigenvalue weighted by Crippen LogP contribution is -2.60. The van der Waals surface area contributed by atoms with Crippen LogP contribution in [-0.4, -0.2) is 101 Å². The molecule has 2 aromatic rings. The Kier molecular flexibility index (Phi) is 18.5. The highest BCUT2D eigenvalue weighted by molar-refractivity contribution is 5.96. The number of aryl methyl sites for hydroxylation is 1. The van der Waals surface area contributed by atoms with Crippen LogP contribution in [0.3, 0.4) is 0 Å².